The number of rotatable bonds is 8. The molecule has 0 atom stereocenters. The number of carboxylic acids is 1. The normalized spacial score (nSPS) is 11.8. The van der Waals surface area contributed by atoms with Crippen LogP contribution in [0.3, 0.4) is 0 Å². The van der Waals surface area contributed by atoms with Crippen LogP contribution < -0.4 is 9.47 Å². The molecule has 3 aromatic heterocycles. The highest BCUT2D eigenvalue weighted by atomic mass is 35.5. The minimum atomic E-state index is -5.03. The number of hydrogen-bond donors (Lipinski definition) is 1. The monoisotopic (exact) mass is 648 g/mol. The lowest BCUT2D eigenvalue weighted by Gasteiger charge is -2.15. The highest BCUT2D eigenvalue weighted by Gasteiger charge is 2.41. The van der Waals surface area contributed by atoms with Crippen LogP contribution in [0.25, 0.3) is 17.1 Å². The second-order valence-corrected chi connectivity index (χ2v) is 9.94. The maximum absolute atomic E-state index is 13.8. The molecule has 8 nitrogen and oxygen atoms in total. The molecule has 2 aromatic carbocycles. The molecule has 0 radical (unpaired) electrons. The van der Waals surface area contributed by atoms with Gasteiger partial charge < -0.3 is 14.6 Å². The lowest BCUT2D eigenvalue weighted by Crippen LogP contribution is -2.18. The van der Waals surface area contributed by atoms with E-state index in [0.29, 0.717) is 39.2 Å². The third-order valence-corrected chi connectivity index (χ3v) is 6.66. The molecular formula is C30H19ClF6N4O4. The Kier molecular flexibility index (Phi) is 8.43. The fraction of sp³-hybridized carbons (Fsp3) is 0.133. The zero-order valence-corrected chi connectivity index (χ0v) is 23.6. The number of hydrogen-bond acceptors (Lipinski definition) is 6. The van der Waals surface area contributed by atoms with Gasteiger partial charge in [0.1, 0.15) is 23.7 Å². The molecule has 1 N–H and O–H groups in total. The number of aromatic nitrogens is 4. The quantitative estimate of drug-likeness (QED) is 0.169. The van der Waals surface area contributed by atoms with Crippen molar-refractivity contribution in [3.8, 4) is 34.5 Å². The highest BCUT2D eigenvalue weighted by molar-refractivity contribution is 6.31. The van der Waals surface area contributed by atoms with E-state index < -0.39 is 35.1 Å². The third kappa shape index (κ3) is 7.01. The summed E-state index contributed by atoms with van der Waals surface area (Å²) < 4.78 is 91.7. The summed E-state index contributed by atoms with van der Waals surface area (Å²) in [6.45, 7) is 1.81. The summed E-state index contributed by atoms with van der Waals surface area (Å²) in [5.41, 5.74) is -1.45. The predicted octanol–water partition coefficient (Wildman–Crippen LogP) is 8.40. The molecule has 0 fully saturated rings. The average Bonchev–Trinajstić information content (AvgIpc) is 3.44. The van der Waals surface area contributed by atoms with E-state index >= 15 is 0 Å². The van der Waals surface area contributed by atoms with Gasteiger partial charge in [0.05, 0.1) is 17.5 Å². The van der Waals surface area contributed by atoms with Crippen LogP contribution in [0.4, 0.5) is 26.3 Å². The summed E-state index contributed by atoms with van der Waals surface area (Å²) in [6, 6.07) is 15.7. The first-order valence-electron chi connectivity index (χ1n) is 12.8. The molecule has 0 amide bonds. The average molecular weight is 649 g/mol. The van der Waals surface area contributed by atoms with Gasteiger partial charge in [-0.2, -0.15) is 31.4 Å². The van der Waals surface area contributed by atoms with Gasteiger partial charge in [-0.25, -0.2) is 19.4 Å². The van der Waals surface area contributed by atoms with Crippen LogP contribution in [-0.2, 0) is 19.0 Å². The fourth-order valence-corrected chi connectivity index (χ4v) is 4.42. The summed E-state index contributed by atoms with van der Waals surface area (Å²) in [5, 5.41) is 13.1. The molecule has 0 spiro atoms. The molecule has 0 saturated carbocycles. The number of alkyl halides is 6. The van der Waals surface area contributed by atoms with E-state index in [1.54, 1.807) is 37.3 Å². The van der Waals surface area contributed by atoms with Gasteiger partial charge in [0.15, 0.2) is 11.5 Å². The van der Waals surface area contributed by atoms with Crippen LogP contribution in [0.15, 0.2) is 79.1 Å². The van der Waals surface area contributed by atoms with E-state index in [0.717, 1.165) is 23.3 Å². The Morgan fingerprint density at radius 2 is 1.73 bits per heavy atom. The fourth-order valence-electron chi connectivity index (χ4n) is 4.25. The number of halogens is 7. The van der Waals surface area contributed by atoms with Crippen molar-refractivity contribution in [3.05, 3.63) is 112 Å². The predicted molar refractivity (Wildman–Crippen MR) is 149 cm³/mol. The SMILES string of the molecule is Cc1cc(Oc2ccc(C(F)(F)F)cn2)ccc1COc1ccc(Cl)cc1-c1cccc(-n2ncc(C(=O)O)c2C(F)(F)F)n1. The van der Waals surface area contributed by atoms with Crippen molar-refractivity contribution in [3.63, 3.8) is 0 Å². The summed E-state index contributed by atoms with van der Waals surface area (Å²) in [4.78, 5) is 19.4. The van der Waals surface area contributed by atoms with Gasteiger partial charge in [-0.05, 0) is 66.6 Å². The molecule has 3 heterocycles. The number of benzene rings is 2. The molecule has 5 rings (SSSR count). The van der Waals surface area contributed by atoms with E-state index in [2.05, 4.69) is 15.1 Å². The standard InChI is InChI=1S/C30H19ClF6N4O4/c1-16-11-20(45-26-10-6-18(13-38-26)29(32,33)34)8-5-17(16)15-44-24-9-7-19(31)12-21(24)23-3-2-4-25(40-23)41-27(30(35,36)37)22(14-39-41)28(42)43/h2-14H,15H2,1H3,(H,42,43). The van der Waals surface area contributed by atoms with Gasteiger partial charge in [-0.15, -0.1) is 0 Å². The first-order valence-corrected chi connectivity index (χ1v) is 13.2. The van der Waals surface area contributed by atoms with Gasteiger partial charge in [0.2, 0.25) is 5.88 Å². The lowest BCUT2D eigenvalue weighted by atomic mass is 10.1. The Hall–Kier alpha value is -5.11. The molecular weight excluding hydrogens is 630 g/mol. The van der Waals surface area contributed by atoms with Crippen LogP contribution in [0.2, 0.25) is 5.02 Å². The van der Waals surface area contributed by atoms with Crippen LogP contribution in [0.5, 0.6) is 17.4 Å². The van der Waals surface area contributed by atoms with E-state index in [1.807, 2.05) is 0 Å². The van der Waals surface area contributed by atoms with Crippen molar-refractivity contribution in [2.75, 3.05) is 0 Å². The van der Waals surface area contributed by atoms with Crippen molar-refractivity contribution in [1.82, 2.24) is 19.7 Å². The Bertz CT molecular complexity index is 1870. The molecule has 0 aliphatic rings. The summed E-state index contributed by atoms with van der Waals surface area (Å²) >= 11 is 6.21. The number of ether oxygens (including phenoxy) is 2. The Morgan fingerprint density at radius 3 is 2.38 bits per heavy atom. The number of nitrogens with zero attached hydrogens (tertiary/aromatic N) is 4. The molecule has 0 saturated heterocycles. The molecule has 232 valence electrons. The molecule has 5 aromatic rings. The molecule has 45 heavy (non-hydrogen) atoms. The first kappa shape index (κ1) is 31.3. The lowest BCUT2D eigenvalue weighted by molar-refractivity contribution is -0.143. The zero-order valence-electron chi connectivity index (χ0n) is 22.8. The van der Waals surface area contributed by atoms with Crippen molar-refractivity contribution in [2.45, 2.75) is 25.9 Å². The van der Waals surface area contributed by atoms with Crippen molar-refractivity contribution in [2.24, 2.45) is 0 Å². The van der Waals surface area contributed by atoms with Gasteiger partial charge in [0.25, 0.3) is 0 Å². The molecule has 15 heteroatoms. The highest BCUT2D eigenvalue weighted by Crippen LogP contribution is 2.36. The smallest absolute Gasteiger partial charge is 0.434 e. The minimum Gasteiger partial charge on any atom is -0.488 e. The summed E-state index contributed by atoms with van der Waals surface area (Å²) in [7, 11) is 0. The van der Waals surface area contributed by atoms with Gasteiger partial charge in [-0.3, -0.25) is 0 Å². The Morgan fingerprint density at radius 1 is 0.956 bits per heavy atom. The van der Waals surface area contributed by atoms with Crippen molar-refractivity contribution < 1.29 is 45.7 Å². The number of aryl methyl sites for hydroxylation is 1. The van der Waals surface area contributed by atoms with E-state index in [1.165, 1.54) is 24.3 Å². The zero-order chi connectivity index (χ0) is 32.5. The van der Waals surface area contributed by atoms with E-state index in [9.17, 15) is 36.2 Å². The van der Waals surface area contributed by atoms with Crippen LogP contribution in [0, 0.1) is 6.92 Å². The van der Waals surface area contributed by atoms with Crippen LogP contribution >= 0.6 is 11.6 Å². The molecule has 0 aliphatic heterocycles. The second-order valence-electron chi connectivity index (χ2n) is 9.50. The topological polar surface area (TPSA) is 99.4 Å². The second kappa shape index (κ2) is 12.1. The maximum atomic E-state index is 13.8. The van der Waals surface area contributed by atoms with Crippen molar-refractivity contribution in [1.29, 1.82) is 0 Å². The molecule has 0 aliphatic carbocycles. The minimum absolute atomic E-state index is 0.0245. The number of carbonyl (C=O) groups is 1. The largest absolute Gasteiger partial charge is 0.488 e. The number of pyridine rings is 2. The number of aromatic carboxylic acids is 1. The molecule has 0 bridgehead atoms. The van der Waals surface area contributed by atoms with E-state index in [4.69, 9.17) is 21.1 Å². The maximum Gasteiger partial charge on any atom is 0.434 e. The number of carboxylic acid groups (broad SMARTS) is 1. The first-order chi connectivity index (χ1) is 21.2. The van der Waals surface area contributed by atoms with Gasteiger partial charge in [-0.1, -0.05) is 23.7 Å². The van der Waals surface area contributed by atoms with Gasteiger partial charge in [0, 0.05) is 22.8 Å². The van der Waals surface area contributed by atoms with Crippen LogP contribution in [-0.4, -0.2) is 30.8 Å². The summed E-state index contributed by atoms with van der Waals surface area (Å²) in [5.74, 6) is -1.47. The third-order valence-electron chi connectivity index (χ3n) is 6.42. The molecule has 0 unspecified atom stereocenters. The van der Waals surface area contributed by atoms with Crippen molar-refractivity contribution >= 4 is 17.6 Å². The Labute approximate surface area is 255 Å². The van der Waals surface area contributed by atoms with E-state index in [-0.39, 0.29) is 24.0 Å². The summed E-state index contributed by atoms with van der Waals surface area (Å²) in [6.07, 6.45) is -8.27. The Balaban J connectivity index is 1.38. The van der Waals surface area contributed by atoms with Gasteiger partial charge >= 0.3 is 18.3 Å². The van der Waals surface area contributed by atoms with Crippen LogP contribution in [0.1, 0.15) is 32.7 Å².